The molecule has 0 N–H and O–H groups in total. The second-order valence-corrected chi connectivity index (χ2v) is 2.95. The van der Waals surface area contributed by atoms with Gasteiger partial charge in [0.2, 0.25) is 44.4 Å². The van der Waals surface area contributed by atoms with Gasteiger partial charge in [0.05, 0.1) is 0 Å². The molecule has 0 aromatic carbocycles. The van der Waals surface area contributed by atoms with Gasteiger partial charge in [0.1, 0.15) is 0 Å². The molecule has 0 bridgehead atoms. The summed E-state index contributed by atoms with van der Waals surface area (Å²) < 4.78 is 76.7. The van der Waals surface area contributed by atoms with E-state index in [-0.39, 0.29) is 26.2 Å². The molecule has 0 fully saturated rings. The summed E-state index contributed by atoms with van der Waals surface area (Å²) in [4.78, 5) is 0. The third kappa shape index (κ3) is 519. The molecule has 9 nitrogen and oxygen atoms in total. The van der Waals surface area contributed by atoms with Crippen molar-refractivity contribution in [2.45, 2.75) is 0 Å². The van der Waals surface area contributed by atoms with Crippen molar-refractivity contribution in [2.75, 3.05) is 0 Å². The Morgan fingerprint density at radius 1 is 0.385 bits per heavy atom. The van der Waals surface area contributed by atoms with Crippen LogP contribution < -0.4 is 37.8 Å². The molecule has 0 atom stereocenters. The minimum Gasteiger partial charge on any atom is -0.405 e. The van der Waals surface area contributed by atoms with Crippen molar-refractivity contribution in [3.8, 4) is 0 Å². The first-order valence-corrected chi connectivity index (χ1v) is 7.22. The van der Waals surface area contributed by atoms with E-state index >= 15 is 0 Å². The first-order chi connectivity index (χ1) is 5.20. The molecule has 2 radical (unpaired) electrons. The molecule has 0 spiro atoms. The Labute approximate surface area is 107 Å². The third-order valence-electron chi connectivity index (χ3n) is 0. The van der Waals surface area contributed by atoms with Gasteiger partial charge in [-0.1, -0.05) is 0 Å². The number of hydrogen-bond acceptors (Lipinski definition) is 9. The van der Waals surface area contributed by atoms with Gasteiger partial charge in [0.25, 0.3) is 0 Å². The van der Waals surface area contributed by atoms with Crippen molar-refractivity contribution in [2.24, 2.45) is 0 Å². The van der Waals surface area contributed by atoms with E-state index in [0.717, 1.165) is 0 Å². The minimum atomic E-state index is -3.65. The summed E-state index contributed by atoms with van der Waals surface area (Å²) in [6, 6.07) is 0. The molecule has 0 aromatic heterocycles. The van der Waals surface area contributed by atoms with E-state index in [9.17, 15) is 0 Å². The fraction of sp³-hybridized carbons (Fsp3) is 0. The van der Waals surface area contributed by atoms with Crippen LogP contribution in [0.25, 0.3) is 0 Å². The first kappa shape index (κ1) is 24.3. The van der Waals surface area contributed by atoms with Gasteiger partial charge in [0, 0.05) is 0 Å². The Hall–Kier alpha value is 1.96. The Morgan fingerprint density at radius 3 is 0.385 bits per heavy atom. The summed E-state index contributed by atoms with van der Waals surface area (Å²) >= 11 is -10.9. The molecule has 0 rings (SSSR count). The second-order valence-electron chi connectivity index (χ2n) is 0.567. The van der Waals surface area contributed by atoms with Crippen LogP contribution in [0.3, 0.4) is 0 Å². The van der Waals surface area contributed by atoms with Crippen LogP contribution in [0.4, 0.5) is 0 Å². The van der Waals surface area contributed by atoms with E-state index < -0.39 is 44.4 Å². The van der Waals surface area contributed by atoms with Crippen LogP contribution in [0.1, 0.15) is 0 Å². The predicted molar refractivity (Wildman–Crippen MR) is 5.75 cm³/mol. The van der Waals surface area contributed by atoms with Gasteiger partial charge >= 0.3 is 26.2 Å². The zero-order chi connectivity index (χ0) is 10.7. The number of hydrogen-bond donors (Lipinski definition) is 0. The SMILES string of the molecule is [Bi+3].[O-][Br+2]([O-])[O-].[O-][Br+2]([O-])[O-].[O-][Br+2]([O-])[O-]. The van der Waals surface area contributed by atoms with E-state index in [1.54, 1.807) is 0 Å². The monoisotopic (exact) mass is 590 g/mol. The molecule has 13 heteroatoms. The maximum absolute atomic E-state index is 8.52. The van der Waals surface area contributed by atoms with E-state index in [1.807, 2.05) is 0 Å². The number of halogens is 3. The molecule has 0 aliphatic heterocycles. The van der Waals surface area contributed by atoms with Crippen molar-refractivity contribution in [3.63, 3.8) is 0 Å². The van der Waals surface area contributed by atoms with Crippen LogP contribution in [-0.2, 0) is 0 Å². The zero-order valence-electron chi connectivity index (χ0n) is 5.26. The minimum absolute atomic E-state index is 0. The van der Waals surface area contributed by atoms with E-state index in [0.29, 0.717) is 0 Å². The molecule has 0 unspecified atom stereocenters. The van der Waals surface area contributed by atoms with E-state index in [1.165, 1.54) is 0 Å². The van der Waals surface area contributed by atoms with Gasteiger partial charge in [-0.25, -0.2) is 0 Å². The standard InChI is InChI=1S/Bi.3BrO3/c;3*2-1(3)4/q+3;3*-1. The van der Waals surface area contributed by atoms with Gasteiger partial charge in [-0.15, -0.1) is 0 Å². The summed E-state index contributed by atoms with van der Waals surface area (Å²) in [7, 11) is 0. The molecule has 0 aliphatic rings. The first-order valence-electron chi connectivity index (χ1n) is 1.39. The average molecular weight is 593 g/mol. The topological polar surface area (TPSA) is 208 Å². The molecule has 0 saturated heterocycles. The second kappa shape index (κ2) is 19.5. The Morgan fingerprint density at radius 2 is 0.385 bits per heavy atom. The van der Waals surface area contributed by atoms with E-state index in [4.69, 9.17) is 37.8 Å². The van der Waals surface area contributed by atoms with Gasteiger partial charge < -0.3 is 37.8 Å². The fourth-order valence-corrected chi connectivity index (χ4v) is 0. The summed E-state index contributed by atoms with van der Waals surface area (Å²) in [5.41, 5.74) is 0. The van der Waals surface area contributed by atoms with Crippen LogP contribution in [0.15, 0.2) is 0 Å². The summed E-state index contributed by atoms with van der Waals surface area (Å²) in [5.74, 6) is 0. The van der Waals surface area contributed by atoms with E-state index in [2.05, 4.69) is 0 Å². The van der Waals surface area contributed by atoms with Gasteiger partial charge in [-0.3, -0.25) is 0 Å². The van der Waals surface area contributed by atoms with Crippen LogP contribution in [-0.4, -0.2) is 26.2 Å². The molecule has 80 valence electrons. The fourth-order valence-electron chi connectivity index (χ4n) is 0. The molecule has 0 amide bonds. The van der Waals surface area contributed by atoms with Crippen LogP contribution in [0, 0.1) is 44.4 Å². The molecule has 0 aromatic rings. The summed E-state index contributed by atoms with van der Waals surface area (Å²) in [6.07, 6.45) is 0. The van der Waals surface area contributed by atoms with Gasteiger partial charge in [0.15, 0.2) is 0 Å². The van der Waals surface area contributed by atoms with Crippen molar-refractivity contribution in [1.82, 2.24) is 0 Å². The van der Waals surface area contributed by atoms with Gasteiger partial charge in [-0.05, 0) is 0 Å². The van der Waals surface area contributed by atoms with Crippen molar-refractivity contribution < 1.29 is 82.2 Å². The summed E-state index contributed by atoms with van der Waals surface area (Å²) in [6.45, 7) is 0. The quantitative estimate of drug-likeness (QED) is 0.244. The average Bonchev–Trinajstić information content (AvgIpc) is 1.54. The molecule has 0 saturated carbocycles. The maximum Gasteiger partial charge on any atom is 3.00 e. The van der Waals surface area contributed by atoms with Crippen molar-refractivity contribution in [1.29, 1.82) is 0 Å². The molecular formula is BiBr3O9. The maximum atomic E-state index is 8.52. The number of rotatable bonds is 0. The Balaban J connectivity index is -0.0000000450. The molecular weight excluding hydrogens is 593 g/mol. The summed E-state index contributed by atoms with van der Waals surface area (Å²) in [5, 5.41) is 0. The molecule has 13 heavy (non-hydrogen) atoms. The van der Waals surface area contributed by atoms with Crippen molar-refractivity contribution >= 4 is 26.2 Å². The Bertz CT molecular complexity index is 43.4. The molecule has 0 heterocycles. The predicted octanol–water partition coefficient (Wildman–Crippen LogP) is -11.1. The Kier molecular flexibility index (Phi) is 36.5. The third-order valence-corrected chi connectivity index (χ3v) is 0. The zero-order valence-corrected chi connectivity index (χ0v) is 13.5. The molecule has 0 aliphatic carbocycles. The van der Waals surface area contributed by atoms with Crippen LogP contribution in [0.2, 0.25) is 0 Å². The largest absolute Gasteiger partial charge is 3.00 e. The van der Waals surface area contributed by atoms with Crippen molar-refractivity contribution in [3.05, 3.63) is 0 Å². The van der Waals surface area contributed by atoms with Gasteiger partial charge in [-0.2, -0.15) is 0 Å². The smallest absolute Gasteiger partial charge is 0.405 e. The van der Waals surface area contributed by atoms with Crippen LogP contribution >= 0.6 is 0 Å². The normalized spacial score (nSPS) is 8.31. The van der Waals surface area contributed by atoms with Crippen LogP contribution in [0.5, 0.6) is 0 Å².